The van der Waals surface area contributed by atoms with Crippen LogP contribution in [0.1, 0.15) is 11.8 Å². The number of rotatable bonds is 7. The number of phosphoric acid groups is 1. The Balaban J connectivity index is 1.56. The Hall–Kier alpha value is -1.86. The van der Waals surface area contributed by atoms with Gasteiger partial charge in [-0.05, 0) is 12.1 Å². The molecule has 5 N–H and O–H groups in total. The van der Waals surface area contributed by atoms with Crippen molar-refractivity contribution in [2.24, 2.45) is 0 Å². The van der Waals surface area contributed by atoms with Gasteiger partial charge in [0.2, 0.25) is 0 Å². The van der Waals surface area contributed by atoms with Gasteiger partial charge in [-0.3, -0.25) is 9.09 Å². The topological polar surface area (TPSA) is 172 Å². The summed E-state index contributed by atoms with van der Waals surface area (Å²) in [6.45, 7) is -0.355. The van der Waals surface area contributed by atoms with Crippen molar-refractivity contribution in [2.75, 3.05) is 11.9 Å². The van der Waals surface area contributed by atoms with Gasteiger partial charge in [0.1, 0.15) is 24.6 Å². The summed E-state index contributed by atoms with van der Waals surface area (Å²) >= 11 is 12.4. The lowest BCUT2D eigenvalue weighted by atomic mass is 10.1. The molecule has 0 spiro atoms. The molecule has 2 aromatic heterocycles. The molecule has 0 saturated carbocycles. The van der Waals surface area contributed by atoms with Crippen LogP contribution in [-0.2, 0) is 20.4 Å². The number of nitrogens with zero attached hydrogens (tertiary/aromatic N) is 4. The zero-order valence-electron chi connectivity index (χ0n) is 16.1. The highest BCUT2D eigenvalue weighted by molar-refractivity contribution is 7.46. The molecule has 1 fully saturated rings. The lowest BCUT2D eigenvalue weighted by Gasteiger charge is -2.16. The number of hydrogen-bond acceptors (Lipinski definition) is 9. The number of benzene rings is 1. The molecule has 4 rings (SSSR count). The highest BCUT2D eigenvalue weighted by Gasteiger charge is 2.45. The summed E-state index contributed by atoms with van der Waals surface area (Å²) in [5.41, 5.74) is 1.32. The van der Waals surface area contributed by atoms with Crippen LogP contribution in [0.2, 0.25) is 10.0 Å². The fourth-order valence-corrected chi connectivity index (χ4v) is 4.18. The summed E-state index contributed by atoms with van der Waals surface area (Å²) in [6.07, 6.45) is -2.55. The van der Waals surface area contributed by atoms with Gasteiger partial charge in [-0.1, -0.05) is 29.3 Å². The normalized spacial score (nSPS) is 23.7. The standard InChI is InChI=1S/C17H18Cl2N5O7P/c18-9-2-1-3-10(19)8(9)4-20-15-12-16(22-6-21-15)24(7-23-12)17-14(26)13(25)11(31-17)5-30-32(27,28)29/h1-3,6-7,11,13-14,17,25-26H,4-5H2,(H,20,21,22)(H2,27,28,29)/t11-,13-,14-,17-/m1/s1. The molecule has 0 radical (unpaired) electrons. The van der Waals surface area contributed by atoms with E-state index in [4.69, 9.17) is 37.7 Å². The minimum atomic E-state index is -4.77. The molecule has 3 heterocycles. The van der Waals surface area contributed by atoms with E-state index in [2.05, 4.69) is 24.8 Å². The maximum absolute atomic E-state index is 10.9. The average Bonchev–Trinajstić information content (AvgIpc) is 3.27. The number of imidazole rings is 1. The number of anilines is 1. The van der Waals surface area contributed by atoms with Crippen LogP contribution in [0.15, 0.2) is 30.9 Å². The molecule has 1 aromatic carbocycles. The number of aromatic nitrogens is 4. The SMILES string of the molecule is O=P(O)(O)OC[C@H]1O[C@@H](n2cnc3c(NCc4c(Cl)cccc4Cl)ncnc32)[C@H](O)[C@@H]1O. The van der Waals surface area contributed by atoms with Gasteiger partial charge in [-0.25, -0.2) is 19.5 Å². The summed E-state index contributed by atoms with van der Waals surface area (Å²) in [5.74, 6) is 0.374. The zero-order valence-corrected chi connectivity index (χ0v) is 18.5. The maximum atomic E-state index is 10.9. The van der Waals surface area contributed by atoms with Gasteiger partial charge in [0, 0.05) is 22.2 Å². The summed E-state index contributed by atoms with van der Waals surface area (Å²) in [7, 11) is -4.77. The van der Waals surface area contributed by atoms with Gasteiger partial charge in [0.25, 0.3) is 0 Å². The van der Waals surface area contributed by atoms with Crippen molar-refractivity contribution in [1.82, 2.24) is 19.5 Å². The van der Waals surface area contributed by atoms with E-state index < -0.39 is 39.0 Å². The third-order valence-corrected chi connectivity index (χ3v) is 6.07. The van der Waals surface area contributed by atoms with Crippen molar-refractivity contribution in [3.63, 3.8) is 0 Å². The van der Waals surface area contributed by atoms with Crippen molar-refractivity contribution in [3.05, 3.63) is 46.5 Å². The molecule has 4 atom stereocenters. The highest BCUT2D eigenvalue weighted by Crippen LogP contribution is 2.39. The lowest BCUT2D eigenvalue weighted by molar-refractivity contribution is -0.0504. The second-order valence-corrected chi connectivity index (χ2v) is 8.99. The monoisotopic (exact) mass is 505 g/mol. The van der Waals surface area contributed by atoms with Gasteiger partial charge in [-0.2, -0.15) is 0 Å². The number of hydrogen-bond donors (Lipinski definition) is 5. The fourth-order valence-electron chi connectivity index (χ4n) is 3.31. The molecular formula is C17H18Cl2N5O7P. The van der Waals surface area contributed by atoms with Crippen LogP contribution < -0.4 is 5.32 Å². The molecule has 1 aliphatic heterocycles. The molecule has 1 saturated heterocycles. The van der Waals surface area contributed by atoms with E-state index in [1.165, 1.54) is 17.2 Å². The predicted molar refractivity (Wildman–Crippen MR) is 113 cm³/mol. The van der Waals surface area contributed by atoms with E-state index in [0.717, 1.165) is 0 Å². The second kappa shape index (κ2) is 9.18. The molecule has 0 amide bonds. The molecule has 172 valence electrons. The summed E-state index contributed by atoms with van der Waals surface area (Å²) < 4.78 is 22.3. The van der Waals surface area contributed by atoms with Crippen LogP contribution in [0.3, 0.4) is 0 Å². The summed E-state index contributed by atoms with van der Waals surface area (Å²) in [6, 6.07) is 5.16. The van der Waals surface area contributed by atoms with Crippen LogP contribution in [0.4, 0.5) is 5.82 Å². The van der Waals surface area contributed by atoms with Crippen molar-refractivity contribution in [2.45, 2.75) is 31.1 Å². The first kappa shape index (κ1) is 23.3. The van der Waals surface area contributed by atoms with Crippen molar-refractivity contribution in [1.29, 1.82) is 0 Å². The van der Waals surface area contributed by atoms with Crippen molar-refractivity contribution >= 4 is 48.0 Å². The molecule has 15 heteroatoms. The van der Waals surface area contributed by atoms with E-state index >= 15 is 0 Å². The summed E-state index contributed by atoms with van der Waals surface area (Å²) in [4.78, 5) is 30.3. The molecular weight excluding hydrogens is 488 g/mol. The first-order valence-electron chi connectivity index (χ1n) is 9.21. The average molecular weight is 506 g/mol. The van der Waals surface area contributed by atoms with Gasteiger partial charge in [-0.15, -0.1) is 0 Å². The maximum Gasteiger partial charge on any atom is 0.469 e. The molecule has 0 aliphatic carbocycles. The van der Waals surface area contributed by atoms with Crippen LogP contribution in [0.25, 0.3) is 11.2 Å². The van der Waals surface area contributed by atoms with Gasteiger partial charge in [0.05, 0.1) is 12.9 Å². The number of nitrogens with one attached hydrogen (secondary N) is 1. The Kier molecular flexibility index (Phi) is 6.68. The van der Waals surface area contributed by atoms with Gasteiger partial charge in [0.15, 0.2) is 23.2 Å². The van der Waals surface area contributed by atoms with E-state index in [1.54, 1.807) is 18.2 Å². The highest BCUT2D eigenvalue weighted by atomic mass is 35.5. The van der Waals surface area contributed by atoms with Crippen molar-refractivity contribution in [3.8, 4) is 0 Å². The Morgan fingerprint density at radius 2 is 1.88 bits per heavy atom. The third kappa shape index (κ3) is 4.74. The number of aliphatic hydroxyl groups excluding tert-OH is 2. The van der Waals surface area contributed by atoms with E-state index in [9.17, 15) is 14.8 Å². The summed E-state index contributed by atoms with van der Waals surface area (Å²) in [5, 5.41) is 24.7. The van der Waals surface area contributed by atoms with E-state index in [1.807, 2.05) is 0 Å². The lowest BCUT2D eigenvalue weighted by Crippen LogP contribution is -2.33. The van der Waals surface area contributed by atoms with E-state index in [-0.39, 0.29) is 6.54 Å². The first-order valence-corrected chi connectivity index (χ1v) is 11.5. The molecule has 1 aliphatic rings. The first-order chi connectivity index (χ1) is 15.2. The van der Waals surface area contributed by atoms with Crippen molar-refractivity contribution < 1.29 is 33.8 Å². The number of fused-ring (bicyclic) bond motifs is 1. The molecule has 3 aromatic rings. The Morgan fingerprint density at radius 3 is 2.56 bits per heavy atom. The Labute approximate surface area is 191 Å². The predicted octanol–water partition coefficient (Wildman–Crippen LogP) is 1.47. The molecule has 0 bridgehead atoms. The smallest absolute Gasteiger partial charge is 0.387 e. The van der Waals surface area contributed by atoms with Crippen LogP contribution >= 0.6 is 31.0 Å². The number of ether oxygens (including phenoxy) is 1. The molecule has 32 heavy (non-hydrogen) atoms. The van der Waals surface area contributed by atoms with Crippen LogP contribution in [0, 0.1) is 0 Å². The largest absolute Gasteiger partial charge is 0.469 e. The molecule has 0 unspecified atom stereocenters. The quantitative estimate of drug-likeness (QED) is 0.294. The molecule has 12 nitrogen and oxygen atoms in total. The third-order valence-electron chi connectivity index (χ3n) is 4.87. The van der Waals surface area contributed by atoms with Crippen LogP contribution in [0.5, 0.6) is 0 Å². The van der Waals surface area contributed by atoms with Gasteiger partial charge < -0.3 is 30.1 Å². The zero-order chi connectivity index (χ0) is 23.0. The Bertz CT molecular complexity index is 1160. The number of halogens is 2. The minimum Gasteiger partial charge on any atom is -0.387 e. The number of phosphoric ester groups is 1. The van der Waals surface area contributed by atoms with E-state index in [0.29, 0.717) is 32.6 Å². The fraction of sp³-hybridized carbons (Fsp3) is 0.353. The van der Waals surface area contributed by atoms with Crippen LogP contribution in [-0.4, -0.2) is 64.4 Å². The number of aliphatic hydroxyl groups is 2. The minimum absolute atomic E-state index is 0.264. The second-order valence-electron chi connectivity index (χ2n) is 6.93. The Morgan fingerprint density at radius 1 is 1.16 bits per heavy atom. The van der Waals surface area contributed by atoms with Gasteiger partial charge >= 0.3 is 7.82 Å².